The van der Waals surface area contributed by atoms with E-state index in [1.165, 1.54) is 66.3 Å². The molecule has 0 N–H and O–H groups in total. The van der Waals surface area contributed by atoms with Crippen LogP contribution in [0.3, 0.4) is 0 Å². The van der Waals surface area contributed by atoms with Crippen LogP contribution in [-0.2, 0) is 0 Å². The Morgan fingerprint density at radius 3 is 1.57 bits per heavy atom. The zero-order chi connectivity index (χ0) is 36.2. The third-order valence-corrected chi connectivity index (χ3v) is 10.7. The van der Waals surface area contributed by atoms with Crippen LogP contribution in [0.25, 0.3) is 94.6 Å². The summed E-state index contributed by atoms with van der Waals surface area (Å²) in [6.07, 6.45) is 0. The molecule has 2 heterocycles. The van der Waals surface area contributed by atoms with E-state index < -0.39 is 0 Å². The quantitative estimate of drug-likeness (QED) is 0.174. The van der Waals surface area contributed by atoms with E-state index in [4.69, 9.17) is 9.40 Å². The van der Waals surface area contributed by atoms with Crippen molar-refractivity contribution < 1.29 is 4.42 Å². The molecule has 8 aromatic carbocycles. The molecule has 0 unspecified atom stereocenters. The van der Waals surface area contributed by atoms with Gasteiger partial charge in [-0.05, 0) is 112 Å². The highest BCUT2D eigenvalue weighted by Crippen LogP contribution is 2.40. The number of fused-ring (bicyclic) bond motifs is 4. The molecule has 0 saturated heterocycles. The SMILES string of the molecule is Cc1ccc(C)c(-c2ccc3nc(-c4ccc(-c5ccccc5-c5ccccc5-c5ccc(-n6c7ccccc7c7ccccc76)cc5)cc4)oc3c2)c1. The fourth-order valence-corrected chi connectivity index (χ4v) is 7.99. The van der Waals surface area contributed by atoms with Crippen LogP contribution in [0.5, 0.6) is 0 Å². The van der Waals surface area contributed by atoms with Gasteiger partial charge in [-0.25, -0.2) is 4.98 Å². The first-order valence-electron chi connectivity index (χ1n) is 18.5. The van der Waals surface area contributed by atoms with Gasteiger partial charge in [0, 0.05) is 22.0 Å². The molecule has 0 spiro atoms. The molecule has 10 rings (SSSR count). The average Bonchev–Trinajstić information content (AvgIpc) is 3.81. The first-order chi connectivity index (χ1) is 26.6. The second kappa shape index (κ2) is 12.9. The molecule has 3 heteroatoms. The Balaban J connectivity index is 0.976. The summed E-state index contributed by atoms with van der Waals surface area (Å²) in [6, 6.07) is 65.1. The van der Waals surface area contributed by atoms with Gasteiger partial charge in [0.1, 0.15) is 5.52 Å². The third-order valence-electron chi connectivity index (χ3n) is 10.7. The van der Waals surface area contributed by atoms with Gasteiger partial charge < -0.3 is 8.98 Å². The van der Waals surface area contributed by atoms with Crippen LogP contribution in [0.1, 0.15) is 11.1 Å². The van der Waals surface area contributed by atoms with Crippen molar-refractivity contribution in [2.24, 2.45) is 0 Å². The number of rotatable bonds is 6. The van der Waals surface area contributed by atoms with Gasteiger partial charge >= 0.3 is 0 Å². The maximum atomic E-state index is 6.35. The minimum Gasteiger partial charge on any atom is -0.436 e. The van der Waals surface area contributed by atoms with Crippen molar-refractivity contribution in [1.82, 2.24) is 9.55 Å². The van der Waals surface area contributed by atoms with Crippen molar-refractivity contribution in [3.05, 3.63) is 193 Å². The van der Waals surface area contributed by atoms with E-state index in [1.807, 2.05) is 0 Å². The van der Waals surface area contributed by atoms with Gasteiger partial charge in [-0.1, -0.05) is 139 Å². The molecule has 0 atom stereocenters. The van der Waals surface area contributed by atoms with E-state index in [-0.39, 0.29) is 0 Å². The van der Waals surface area contributed by atoms with Crippen LogP contribution in [0.15, 0.2) is 186 Å². The Morgan fingerprint density at radius 2 is 0.944 bits per heavy atom. The first-order valence-corrected chi connectivity index (χ1v) is 18.5. The monoisotopic (exact) mass is 692 g/mol. The van der Waals surface area contributed by atoms with Gasteiger partial charge in [-0.15, -0.1) is 0 Å². The lowest BCUT2D eigenvalue weighted by Gasteiger charge is -2.15. The highest BCUT2D eigenvalue weighted by Gasteiger charge is 2.16. The summed E-state index contributed by atoms with van der Waals surface area (Å²) in [4.78, 5) is 4.85. The largest absolute Gasteiger partial charge is 0.436 e. The Kier molecular flexibility index (Phi) is 7.59. The summed E-state index contributed by atoms with van der Waals surface area (Å²) in [6.45, 7) is 4.27. The normalized spacial score (nSPS) is 11.5. The predicted octanol–water partition coefficient (Wildman–Crippen LogP) is 13.9. The molecular formula is C51H36N2O. The zero-order valence-electron chi connectivity index (χ0n) is 30.1. The number of benzene rings is 8. The first kappa shape index (κ1) is 31.7. The standard InChI is InChI=1S/C51H36N2O/c1-33-19-20-34(2)46(31-33)38-27-30-47-50(32-38)54-51(52-47)37-23-21-35(22-24-37)40-11-3-5-13-42(40)43-14-6-4-12-41(43)36-25-28-39(29-26-36)53-48-17-9-7-15-44(48)45-16-8-10-18-49(45)53/h3-32H,1-2H3. The zero-order valence-corrected chi connectivity index (χ0v) is 30.1. The summed E-state index contributed by atoms with van der Waals surface area (Å²) >= 11 is 0. The van der Waals surface area contributed by atoms with Crippen LogP contribution in [0.4, 0.5) is 0 Å². The molecule has 256 valence electrons. The average molecular weight is 693 g/mol. The molecule has 0 aliphatic heterocycles. The maximum Gasteiger partial charge on any atom is 0.227 e. The lowest BCUT2D eigenvalue weighted by Crippen LogP contribution is -1.94. The topological polar surface area (TPSA) is 31.0 Å². The van der Waals surface area contributed by atoms with Gasteiger partial charge in [0.2, 0.25) is 5.89 Å². The summed E-state index contributed by atoms with van der Waals surface area (Å²) in [5, 5.41) is 2.53. The van der Waals surface area contributed by atoms with Gasteiger partial charge in [-0.3, -0.25) is 0 Å². The maximum absolute atomic E-state index is 6.35. The van der Waals surface area contributed by atoms with Crippen LogP contribution in [0, 0.1) is 13.8 Å². The molecule has 3 nitrogen and oxygen atoms in total. The molecule has 0 fully saturated rings. The van der Waals surface area contributed by atoms with E-state index in [9.17, 15) is 0 Å². The molecule has 0 aliphatic rings. The molecule has 2 aromatic heterocycles. The molecule has 54 heavy (non-hydrogen) atoms. The van der Waals surface area contributed by atoms with Crippen molar-refractivity contribution in [2.45, 2.75) is 13.8 Å². The Bertz CT molecular complexity index is 2950. The van der Waals surface area contributed by atoms with Crippen molar-refractivity contribution in [3.8, 4) is 61.6 Å². The van der Waals surface area contributed by atoms with E-state index in [0.717, 1.165) is 33.5 Å². The number of para-hydroxylation sites is 2. The smallest absolute Gasteiger partial charge is 0.227 e. The molecule has 0 aliphatic carbocycles. The molecule has 0 saturated carbocycles. The van der Waals surface area contributed by atoms with Crippen molar-refractivity contribution in [1.29, 1.82) is 0 Å². The summed E-state index contributed by atoms with van der Waals surface area (Å²) in [5.41, 5.74) is 18.1. The van der Waals surface area contributed by atoms with Gasteiger partial charge in [0.05, 0.1) is 11.0 Å². The van der Waals surface area contributed by atoms with Crippen molar-refractivity contribution in [2.75, 3.05) is 0 Å². The second-order valence-electron chi connectivity index (χ2n) is 14.1. The second-order valence-corrected chi connectivity index (χ2v) is 14.1. The van der Waals surface area contributed by atoms with E-state index in [1.54, 1.807) is 0 Å². The van der Waals surface area contributed by atoms with Crippen molar-refractivity contribution >= 4 is 32.9 Å². The van der Waals surface area contributed by atoms with E-state index in [0.29, 0.717) is 5.89 Å². The highest BCUT2D eigenvalue weighted by atomic mass is 16.3. The number of hydrogen-bond donors (Lipinski definition) is 0. The fraction of sp³-hybridized carbons (Fsp3) is 0.0392. The summed E-state index contributed by atoms with van der Waals surface area (Å²) in [5.74, 6) is 0.623. The van der Waals surface area contributed by atoms with Crippen molar-refractivity contribution in [3.63, 3.8) is 0 Å². The third kappa shape index (κ3) is 5.41. The Labute approximate surface area is 314 Å². The van der Waals surface area contributed by atoms with Crippen LogP contribution >= 0.6 is 0 Å². The Morgan fingerprint density at radius 1 is 0.426 bits per heavy atom. The van der Waals surface area contributed by atoms with Gasteiger partial charge in [0.25, 0.3) is 0 Å². The van der Waals surface area contributed by atoms with Gasteiger partial charge in [-0.2, -0.15) is 0 Å². The van der Waals surface area contributed by atoms with Crippen LogP contribution < -0.4 is 0 Å². The molecular weight excluding hydrogens is 657 g/mol. The lowest BCUT2D eigenvalue weighted by atomic mass is 9.89. The number of aryl methyl sites for hydroxylation is 2. The van der Waals surface area contributed by atoms with E-state index in [2.05, 4.69) is 200 Å². The molecule has 0 bridgehead atoms. The fourth-order valence-electron chi connectivity index (χ4n) is 7.99. The number of nitrogens with zero attached hydrogens (tertiary/aromatic N) is 2. The summed E-state index contributed by atoms with van der Waals surface area (Å²) < 4.78 is 8.72. The predicted molar refractivity (Wildman–Crippen MR) is 225 cm³/mol. The van der Waals surface area contributed by atoms with Crippen LogP contribution in [-0.4, -0.2) is 9.55 Å². The molecule has 0 radical (unpaired) electrons. The van der Waals surface area contributed by atoms with Crippen LogP contribution in [0.2, 0.25) is 0 Å². The lowest BCUT2D eigenvalue weighted by molar-refractivity contribution is 0.620. The number of hydrogen-bond acceptors (Lipinski definition) is 2. The van der Waals surface area contributed by atoms with E-state index >= 15 is 0 Å². The number of aromatic nitrogens is 2. The Hall–Kier alpha value is -6.97. The molecule has 0 amide bonds. The molecule has 10 aromatic rings. The minimum atomic E-state index is 0.623. The highest BCUT2D eigenvalue weighted by molar-refractivity contribution is 6.09. The minimum absolute atomic E-state index is 0.623. The van der Waals surface area contributed by atoms with Gasteiger partial charge in [0.15, 0.2) is 5.58 Å². The number of oxazole rings is 1. The summed E-state index contributed by atoms with van der Waals surface area (Å²) in [7, 11) is 0.